The van der Waals surface area contributed by atoms with Crippen LogP contribution in [0.4, 0.5) is 0 Å². The Labute approximate surface area is 187 Å². The Morgan fingerprint density at radius 2 is 1.90 bits per heavy atom. The molecule has 31 heavy (non-hydrogen) atoms. The maximum atomic E-state index is 13.0. The second kappa shape index (κ2) is 8.43. The van der Waals surface area contributed by atoms with Crippen molar-refractivity contribution in [2.75, 3.05) is 44.2 Å². The van der Waals surface area contributed by atoms with E-state index in [1.54, 1.807) is 17.5 Å². The minimum atomic E-state index is -3.46. The van der Waals surface area contributed by atoms with E-state index in [-0.39, 0.29) is 29.9 Å². The number of sulfone groups is 1. The van der Waals surface area contributed by atoms with Gasteiger partial charge in [0, 0.05) is 49.2 Å². The number of hydrogen-bond acceptors (Lipinski definition) is 7. The highest BCUT2D eigenvalue weighted by Crippen LogP contribution is 2.29. The number of piperazine rings is 1. The van der Waals surface area contributed by atoms with Gasteiger partial charge in [-0.1, -0.05) is 6.07 Å². The first kappa shape index (κ1) is 22.7. The molecule has 2 aromatic rings. The van der Waals surface area contributed by atoms with Gasteiger partial charge in [-0.05, 0) is 37.8 Å². The van der Waals surface area contributed by atoms with Gasteiger partial charge >= 0.3 is 0 Å². The first-order valence-electron chi connectivity index (χ1n) is 10.3. The highest BCUT2D eigenvalue weighted by molar-refractivity contribution is 7.91. The lowest BCUT2D eigenvalue weighted by molar-refractivity contribution is 0.0901. The molecule has 0 amide bonds. The molecule has 2 aliphatic heterocycles. The molecule has 8 nitrogen and oxygen atoms in total. The number of carbonyl (C=O) groups is 1. The highest BCUT2D eigenvalue weighted by atomic mass is 32.2. The van der Waals surface area contributed by atoms with Crippen LogP contribution in [0.5, 0.6) is 0 Å². The number of nitrogens with zero attached hydrogens (tertiary/aromatic N) is 3. The summed E-state index contributed by atoms with van der Waals surface area (Å²) in [6.45, 7) is 5.70. The van der Waals surface area contributed by atoms with Gasteiger partial charge in [0.2, 0.25) is 0 Å². The van der Waals surface area contributed by atoms with E-state index in [1.807, 2.05) is 29.4 Å². The fraction of sp³-hybridized carbons (Fsp3) is 0.550. The number of aryl methyl sites for hydroxylation is 1. The van der Waals surface area contributed by atoms with Crippen molar-refractivity contribution >= 4 is 37.0 Å². The predicted molar refractivity (Wildman–Crippen MR) is 120 cm³/mol. The molecule has 4 heterocycles. The molecule has 0 radical (unpaired) electrons. The number of thiophene rings is 1. The summed E-state index contributed by atoms with van der Waals surface area (Å²) in [6, 6.07) is 5.07. The standard InChI is InChI=1S/C20H27N3O5S3/c1-15-12-18(16(2)23(15)17-5-11-30(25,26)14-17)19(24)13-21-6-8-22(9-7-21)31(27,28)20-4-3-10-29-20/h3-4,10,12,17H,5-9,11,13-14H2,1-2H3/t17-/m0/s1. The van der Waals surface area contributed by atoms with Crippen LogP contribution >= 0.6 is 11.3 Å². The molecule has 0 unspecified atom stereocenters. The predicted octanol–water partition coefficient (Wildman–Crippen LogP) is 1.72. The lowest BCUT2D eigenvalue weighted by atomic mass is 10.1. The van der Waals surface area contributed by atoms with Gasteiger partial charge in [0.05, 0.1) is 18.1 Å². The van der Waals surface area contributed by atoms with Gasteiger partial charge < -0.3 is 4.57 Å². The van der Waals surface area contributed by atoms with Gasteiger partial charge in [-0.25, -0.2) is 16.8 Å². The van der Waals surface area contributed by atoms with Crippen LogP contribution in [-0.2, 0) is 19.9 Å². The van der Waals surface area contributed by atoms with E-state index < -0.39 is 19.9 Å². The van der Waals surface area contributed by atoms with E-state index in [4.69, 9.17) is 0 Å². The summed E-state index contributed by atoms with van der Waals surface area (Å²) in [4.78, 5) is 15.0. The van der Waals surface area contributed by atoms with E-state index in [0.717, 1.165) is 11.4 Å². The lowest BCUT2D eigenvalue weighted by Gasteiger charge is -2.33. The van der Waals surface area contributed by atoms with Crippen LogP contribution in [0, 0.1) is 13.8 Å². The minimum Gasteiger partial charge on any atom is -0.344 e. The van der Waals surface area contributed by atoms with E-state index in [0.29, 0.717) is 42.4 Å². The van der Waals surface area contributed by atoms with Crippen LogP contribution in [0.15, 0.2) is 27.8 Å². The number of rotatable bonds is 6. The zero-order valence-electron chi connectivity index (χ0n) is 17.7. The summed E-state index contributed by atoms with van der Waals surface area (Å²) in [7, 11) is -6.47. The van der Waals surface area contributed by atoms with Crippen LogP contribution in [-0.4, -0.2) is 80.6 Å². The largest absolute Gasteiger partial charge is 0.344 e. The van der Waals surface area contributed by atoms with Crippen molar-refractivity contribution in [2.45, 2.75) is 30.5 Å². The van der Waals surface area contributed by atoms with E-state index in [1.165, 1.54) is 15.6 Å². The van der Waals surface area contributed by atoms with Gasteiger partial charge in [-0.2, -0.15) is 4.31 Å². The SMILES string of the molecule is Cc1cc(C(=O)CN2CCN(S(=O)(=O)c3cccs3)CC2)c(C)n1[C@H]1CCS(=O)(=O)C1. The molecule has 0 N–H and O–H groups in total. The Balaban J connectivity index is 1.40. The maximum absolute atomic E-state index is 13.0. The monoisotopic (exact) mass is 485 g/mol. The maximum Gasteiger partial charge on any atom is 0.252 e. The van der Waals surface area contributed by atoms with E-state index in [9.17, 15) is 21.6 Å². The fourth-order valence-corrected chi connectivity index (χ4v) is 8.82. The molecule has 2 fully saturated rings. The molecule has 0 aromatic carbocycles. The normalized spacial score (nSPS) is 22.7. The average Bonchev–Trinajstić information content (AvgIpc) is 3.42. The van der Waals surface area contributed by atoms with Crippen LogP contribution < -0.4 is 0 Å². The van der Waals surface area contributed by atoms with Crippen molar-refractivity contribution in [3.8, 4) is 0 Å². The van der Waals surface area contributed by atoms with Crippen molar-refractivity contribution in [2.24, 2.45) is 0 Å². The zero-order valence-corrected chi connectivity index (χ0v) is 20.1. The van der Waals surface area contributed by atoms with Gasteiger partial charge in [0.25, 0.3) is 10.0 Å². The highest BCUT2D eigenvalue weighted by Gasteiger charge is 2.33. The van der Waals surface area contributed by atoms with Crippen molar-refractivity contribution in [3.05, 3.63) is 40.5 Å². The van der Waals surface area contributed by atoms with Crippen LogP contribution in [0.25, 0.3) is 0 Å². The molecule has 0 saturated carbocycles. The van der Waals surface area contributed by atoms with Crippen molar-refractivity contribution in [1.29, 1.82) is 0 Å². The lowest BCUT2D eigenvalue weighted by Crippen LogP contribution is -2.49. The Hall–Kier alpha value is -1.53. The number of aromatic nitrogens is 1. The second-order valence-corrected chi connectivity index (χ2v) is 13.6. The summed E-state index contributed by atoms with van der Waals surface area (Å²) >= 11 is 1.21. The third kappa shape index (κ3) is 4.51. The Morgan fingerprint density at radius 3 is 2.48 bits per heavy atom. The molecule has 2 aliphatic rings. The van der Waals surface area contributed by atoms with Crippen LogP contribution in [0.1, 0.15) is 34.2 Å². The first-order chi connectivity index (χ1) is 14.6. The molecule has 0 bridgehead atoms. The van der Waals surface area contributed by atoms with Crippen LogP contribution in [0.3, 0.4) is 0 Å². The van der Waals surface area contributed by atoms with Gasteiger partial charge in [-0.15, -0.1) is 11.3 Å². The number of sulfonamides is 1. The van der Waals surface area contributed by atoms with E-state index in [2.05, 4.69) is 0 Å². The molecule has 170 valence electrons. The molecular formula is C20H27N3O5S3. The Bertz CT molecular complexity index is 1170. The first-order valence-corrected chi connectivity index (χ1v) is 14.4. The van der Waals surface area contributed by atoms with Crippen molar-refractivity contribution in [3.63, 3.8) is 0 Å². The summed E-state index contributed by atoms with van der Waals surface area (Å²) in [5, 5.41) is 1.75. The van der Waals surface area contributed by atoms with Gasteiger partial charge in [-0.3, -0.25) is 9.69 Å². The summed E-state index contributed by atoms with van der Waals surface area (Å²) in [5.41, 5.74) is 2.33. The quantitative estimate of drug-likeness (QED) is 0.578. The summed E-state index contributed by atoms with van der Waals surface area (Å²) in [6.07, 6.45) is 0.576. The number of Topliss-reactive ketones (excluding diaryl/α,β-unsaturated/α-hetero) is 1. The van der Waals surface area contributed by atoms with Crippen molar-refractivity contribution < 1.29 is 21.6 Å². The smallest absolute Gasteiger partial charge is 0.252 e. The Kier molecular flexibility index (Phi) is 6.16. The van der Waals surface area contributed by atoms with Crippen LogP contribution in [0.2, 0.25) is 0 Å². The van der Waals surface area contributed by atoms with Gasteiger partial charge in [0.1, 0.15) is 4.21 Å². The molecule has 0 spiro atoms. The summed E-state index contributed by atoms with van der Waals surface area (Å²) < 4.78 is 52.9. The fourth-order valence-electron chi connectivity index (χ4n) is 4.55. The molecule has 1 atom stereocenters. The number of carbonyl (C=O) groups excluding carboxylic acids is 1. The summed E-state index contributed by atoms with van der Waals surface area (Å²) in [5.74, 6) is 0.295. The molecule has 0 aliphatic carbocycles. The van der Waals surface area contributed by atoms with Gasteiger partial charge in [0.15, 0.2) is 15.6 Å². The second-order valence-electron chi connectivity index (χ2n) is 8.25. The topological polar surface area (TPSA) is 96.8 Å². The molecule has 2 saturated heterocycles. The molecule has 11 heteroatoms. The third-order valence-electron chi connectivity index (χ3n) is 6.15. The van der Waals surface area contributed by atoms with Crippen molar-refractivity contribution in [1.82, 2.24) is 13.8 Å². The Morgan fingerprint density at radius 1 is 1.19 bits per heavy atom. The molecule has 2 aromatic heterocycles. The zero-order chi connectivity index (χ0) is 22.4. The average molecular weight is 486 g/mol. The minimum absolute atomic E-state index is 0.0187. The third-order valence-corrected chi connectivity index (χ3v) is 11.2. The molecular weight excluding hydrogens is 458 g/mol. The number of ketones is 1. The number of hydrogen-bond donors (Lipinski definition) is 0. The van der Waals surface area contributed by atoms with E-state index >= 15 is 0 Å². The molecule has 4 rings (SSSR count).